The van der Waals surface area contributed by atoms with Gasteiger partial charge in [0.25, 0.3) is 0 Å². The second-order valence-electron chi connectivity index (χ2n) is 6.80. The van der Waals surface area contributed by atoms with E-state index in [9.17, 15) is 40.5 Å². The highest BCUT2D eigenvalue weighted by atomic mass is 31.1. The maximum absolute atomic E-state index is 13.4. The standard InChI is InChI=1S/C21H18F6O6P/c1-10(18(28)16-12(20(22,23)24)6-5-7-13(16)21(25,26)27)34(30)19(29)17-14(32-3)8-11(31-2)9-15(17)33-4/h5-10H,1-4H3. The van der Waals surface area contributed by atoms with Gasteiger partial charge in [0, 0.05) is 17.7 Å². The number of hydrogen-bond acceptors (Lipinski definition) is 6. The molecule has 0 heterocycles. The van der Waals surface area contributed by atoms with E-state index in [0.29, 0.717) is 18.2 Å². The van der Waals surface area contributed by atoms with Crippen LogP contribution in [0.15, 0.2) is 30.3 Å². The molecule has 0 aliphatic carbocycles. The van der Waals surface area contributed by atoms with Crippen LogP contribution < -0.4 is 14.2 Å². The summed E-state index contributed by atoms with van der Waals surface area (Å²) in [5.74, 6) is -1.94. The molecule has 2 aromatic rings. The monoisotopic (exact) mass is 511 g/mol. The Morgan fingerprint density at radius 2 is 1.26 bits per heavy atom. The van der Waals surface area contributed by atoms with Crippen molar-refractivity contribution in [1.82, 2.24) is 0 Å². The molecule has 0 saturated heterocycles. The second-order valence-corrected chi connectivity index (χ2v) is 8.63. The van der Waals surface area contributed by atoms with Gasteiger partial charge in [-0.15, -0.1) is 0 Å². The van der Waals surface area contributed by atoms with Crippen LogP contribution in [0.1, 0.15) is 38.8 Å². The Balaban J connectivity index is 2.61. The van der Waals surface area contributed by atoms with Crippen LogP contribution in [0, 0.1) is 0 Å². The number of hydrogen-bond donors (Lipinski definition) is 0. The number of carbonyl (C=O) groups is 2. The molecule has 185 valence electrons. The molecular weight excluding hydrogens is 493 g/mol. The summed E-state index contributed by atoms with van der Waals surface area (Å²) < 4.78 is 109. The smallest absolute Gasteiger partial charge is 0.417 e. The van der Waals surface area contributed by atoms with Crippen LogP contribution in [-0.4, -0.2) is 38.3 Å². The fourth-order valence-corrected chi connectivity index (χ4v) is 4.24. The molecule has 0 aliphatic heterocycles. The number of ether oxygens (including phenoxy) is 3. The van der Waals surface area contributed by atoms with Crippen LogP contribution in [0.4, 0.5) is 26.3 Å². The summed E-state index contributed by atoms with van der Waals surface area (Å²) in [6.07, 6.45) is -10.6. The van der Waals surface area contributed by atoms with Gasteiger partial charge < -0.3 is 14.2 Å². The Morgan fingerprint density at radius 1 is 0.824 bits per heavy atom. The van der Waals surface area contributed by atoms with Crippen LogP contribution in [0.25, 0.3) is 0 Å². The van der Waals surface area contributed by atoms with E-state index in [4.69, 9.17) is 14.2 Å². The number of benzene rings is 2. The van der Waals surface area contributed by atoms with Gasteiger partial charge in [-0.3, -0.25) is 14.2 Å². The SMILES string of the molecule is COc1cc(OC)c(C(=O)[P](=O)C(C)C(=O)c2c(C(F)(F)F)cccc2C(F)(F)F)c(OC)c1. The molecule has 0 N–H and O–H groups in total. The van der Waals surface area contributed by atoms with Crippen molar-refractivity contribution in [1.29, 1.82) is 0 Å². The van der Waals surface area contributed by atoms with E-state index in [1.54, 1.807) is 0 Å². The largest absolute Gasteiger partial charge is 0.496 e. The molecule has 6 nitrogen and oxygen atoms in total. The summed E-state index contributed by atoms with van der Waals surface area (Å²) in [5.41, 5.74) is -9.12. The summed E-state index contributed by atoms with van der Waals surface area (Å²) >= 11 is 0. The lowest BCUT2D eigenvalue weighted by molar-refractivity contribution is -0.143. The molecule has 2 aromatic carbocycles. The van der Waals surface area contributed by atoms with Gasteiger partial charge in [0.2, 0.25) is 5.52 Å². The third-order valence-electron chi connectivity index (χ3n) is 4.78. The molecule has 2 atom stereocenters. The number of ketones is 1. The molecule has 2 rings (SSSR count). The van der Waals surface area contributed by atoms with Gasteiger partial charge in [-0.2, -0.15) is 26.3 Å². The third-order valence-corrected chi connectivity index (χ3v) is 6.34. The summed E-state index contributed by atoms with van der Waals surface area (Å²) in [6.45, 7) is 0.814. The molecule has 0 aliphatic rings. The topological polar surface area (TPSA) is 78.9 Å². The Labute approximate surface area is 190 Å². The van der Waals surface area contributed by atoms with E-state index >= 15 is 0 Å². The normalized spacial score (nSPS) is 13.2. The average molecular weight is 511 g/mol. The van der Waals surface area contributed by atoms with Crippen molar-refractivity contribution in [2.45, 2.75) is 24.9 Å². The Morgan fingerprint density at radius 3 is 1.62 bits per heavy atom. The first-order valence-corrected chi connectivity index (χ1v) is 10.6. The summed E-state index contributed by atoms with van der Waals surface area (Å²) in [7, 11) is 0.238. The van der Waals surface area contributed by atoms with E-state index in [2.05, 4.69) is 0 Å². The second kappa shape index (κ2) is 10.0. The zero-order chi connectivity index (χ0) is 26.0. The minimum atomic E-state index is -5.32. The molecule has 13 heteroatoms. The lowest BCUT2D eigenvalue weighted by atomic mass is 9.95. The molecule has 0 aromatic heterocycles. The molecule has 1 radical (unpaired) electrons. The van der Waals surface area contributed by atoms with Gasteiger partial charge in [-0.05, 0) is 19.1 Å². The quantitative estimate of drug-likeness (QED) is 0.246. The van der Waals surface area contributed by atoms with E-state index in [-0.39, 0.29) is 17.2 Å². The van der Waals surface area contributed by atoms with Gasteiger partial charge in [0.15, 0.2) is 13.6 Å². The lowest BCUT2D eigenvalue weighted by Gasteiger charge is -2.20. The van der Waals surface area contributed by atoms with Gasteiger partial charge >= 0.3 is 12.4 Å². The first-order valence-electron chi connectivity index (χ1n) is 9.31. The van der Waals surface area contributed by atoms with Gasteiger partial charge in [-0.25, -0.2) is 0 Å². The number of methoxy groups -OCH3 is 3. The van der Waals surface area contributed by atoms with Crippen molar-refractivity contribution in [2.24, 2.45) is 0 Å². The minimum Gasteiger partial charge on any atom is -0.496 e. The Hall–Kier alpha value is -3.14. The van der Waals surface area contributed by atoms with Crippen LogP contribution in [0.3, 0.4) is 0 Å². The van der Waals surface area contributed by atoms with E-state index in [0.717, 1.165) is 21.1 Å². The fourth-order valence-electron chi connectivity index (χ4n) is 3.11. The van der Waals surface area contributed by atoms with Crippen molar-refractivity contribution in [2.75, 3.05) is 21.3 Å². The molecular formula is C21H18F6O6P. The third kappa shape index (κ3) is 5.32. The molecule has 34 heavy (non-hydrogen) atoms. The highest BCUT2D eigenvalue weighted by Gasteiger charge is 2.45. The summed E-state index contributed by atoms with van der Waals surface area (Å²) in [5, 5.41) is 0. The Kier molecular flexibility index (Phi) is 7.98. The first kappa shape index (κ1) is 27.1. The van der Waals surface area contributed by atoms with Crippen LogP contribution in [0.2, 0.25) is 0 Å². The Bertz CT molecular complexity index is 1070. The van der Waals surface area contributed by atoms with Crippen molar-refractivity contribution in [3.8, 4) is 17.2 Å². The van der Waals surface area contributed by atoms with E-state index in [1.807, 2.05) is 0 Å². The number of alkyl halides is 6. The lowest BCUT2D eigenvalue weighted by Crippen LogP contribution is -2.25. The van der Waals surface area contributed by atoms with Gasteiger partial charge in [-0.1, -0.05) is 6.07 Å². The van der Waals surface area contributed by atoms with Crippen LogP contribution in [-0.2, 0) is 16.9 Å². The molecule has 0 amide bonds. The number of carbonyl (C=O) groups excluding carboxylic acids is 2. The van der Waals surface area contributed by atoms with Gasteiger partial charge in [0.05, 0.1) is 38.1 Å². The molecule has 0 saturated carbocycles. The predicted molar refractivity (Wildman–Crippen MR) is 108 cm³/mol. The maximum atomic E-state index is 13.4. The van der Waals surface area contributed by atoms with Crippen molar-refractivity contribution in [3.63, 3.8) is 0 Å². The molecule has 0 fully saturated rings. The highest BCUT2D eigenvalue weighted by molar-refractivity contribution is 7.66. The average Bonchev–Trinajstić information content (AvgIpc) is 2.79. The molecule has 0 spiro atoms. The highest BCUT2D eigenvalue weighted by Crippen LogP contribution is 2.45. The van der Waals surface area contributed by atoms with E-state index in [1.165, 1.54) is 19.2 Å². The first-order chi connectivity index (χ1) is 15.7. The fraction of sp³-hybridized carbons (Fsp3) is 0.333. The zero-order valence-electron chi connectivity index (χ0n) is 18.1. The van der Waals surface area contributed by atoms with Crippen LogP contribution >= 0.6 is 7.80 Å². The van der Waals surface area contributed by atoms with Crippen molar-refractivity contribution >= 4 is 19.1 Å². The number of rotatable bonds is 8. The molecule has 0 bridgehead atoms. The van der Waals surface area contributed by atoms with Crippen LogP contribution in [0.5, 0.6) is 17.2 Å². The zero-order valence-corrected chi connectivity index (χ0v) is 19.0. The summed E-state index contributed by atoms with van der Waals surface area (Å²) in [6, 6.07) is 3.57. The predicted octanol–water partition coefficient (Wildman–Crippen LogP) is 5.99. The minimum absolute atomic E-state index is 0.179. The molecule has 2 unspecified atom stereocenters. The number of halogens is 6. The van der Waals surface area contributed by atoms with Crippen molar-refractivity contribution in [3.05, 3.63) is 52.6 Å². The van der Waals surface area contributed by atoms with Gasteiger partial charge in [0.1, 0.15) is 22.8 Å². The number of Topliss-reactive ketones (excluding diaryl/α,β-unsaturated/α-hetero) is 1. The summed E-state index contributed by atoms with van der Waals surface area (Å²) in [4.78, 5) is 25.8. The van der Waals surface area contributed by atoms with E-state index < -0.39 is 59.4 Å². The maximum Gasteiger partial charge on any atom is 0.417 e. The van der Waals surface area contributed by atoms with Crippen molar-refractivity contribution < 1.29 is 54.7 Å².